The zero-order valence-electron chi connectivity index (χ0n) is 11.1. The standard InChI is InChI=1S/C14H20N2O2/c1-14(2,18)9-16(3)13(17)11-8-15-12-7-5-4-6-10(11)12/h4-7,11,15,18H,8-9H2,1-3H3. The molecule has 1 atom stereocenters. The van der Waals surface area contributed by atoms with Crippen molar-refractivity contribution in [2.24, 2.45) is 0 Å². The second-order valence-electron chi connectivity index (χ2n) is 5.53. The average molecular weight is 248 g/mol. The molecule has 1 heterocycles. The number of likely N-dealkylation sites (N-methyl/N-ethyl adjacent to an activating group) is 1. The highest BCUT2D eigenvalue weighted by molar-refractivity contribution is 5.88. The number of anilines is 1. The van der Waals surface area contributed by atoms with E-state index in [1.54, 1.807) is 25.8 Å². The molecule has 98 valence electrons. The van der Waals surface area contributed by atoms with Crippen LogP contribution in [0.3, 0.4) is 0 Å². The van der Waals surface area contributed by atoms with E-state index in [1.807, 2.05) is 24.3 Å². The molecule has 1 aliphatic rings. The van der Waals surface area contributed by atoms with Crippen molar-refractivity contribution in [2.75, 3.05) is 25.5 Å². The normalized spacial score (nSPS) is 18.1. The second-order valence-corrected chi connectivity index (χ2v) is 5.53. The van der Waals surface area contributed by atoms with Crippen molar-refractivity contribution >= 4 is 11.6 Å². The first-order valence-electron chi connectivity index (χ1n) is 6.18. The highest BCUT2D eigenvalue weighted by Gasteiger charge is 2.31. The minimum absolute atomic E-state index is 0.0505. The van der Waals surface area contributed by atoms with E-state index in [0.29, 0.717) is 13.1 Å². The van der Waals surface area contributed by atoms with E-state index >= 15 is 0 Å². The van der Waals surface area contributed by atoms with Gasteiger partial charge in [0.2, 0.25) is 5.91 Å². The Morgan fingerprint density at radius 2 is 2.17 bits per heavy atom. The van der Waals surface area contributed by atoms with E-state index < -0.39 is 5.60 Å². The maximum atomic E-state index is 12.4. The van der Waals surface area contributed by atoms with Crippen LogP contribution < -0.4 is 5.32 Å². The summed E-state index contributed by atoms with van der Waals surface area (Å²) >= 11 is 0. The molecule has 1 aliphatic heterocycles. The Balaban J connectivity index is 2.12. The Kier molecular flexibility index (Phi) is 3.30. The van der Waals surface area contributed by atoms with Gasteiger partial charge in [-0.2, -0.15) is 0 Å². The van der Waals surface area contributed by atoms with Crippen LogP contribution in [-0.4, -0.2) is 41.7 Å². The highest BCUT2D eigenvalue weighted by Crippen LogP contribution is 2.32. The van der Waals surface area contributed by atoms with Gasteiger partial charge in [-0.1, -0.05) is 18.2 Å². The molecule has 1 unspecified atom stereocenters. The van der Waals surface area contributed by atoms with Gasteiger partial charge in [-0.15, -0.1) is 0 Å². The summed E-state index contributed by atoms with van der Waals surface area (Å²) in [6, 6.07) is 7.87. The largest absolute Gasteiger partial charge is 0.389 e. The molecule has 4 heteroatoms. The predicted molar refractivity (Wildman–Crippen MR) is 71.6 cm³/mol. The van der Waals surface area contributed by atoms with Crippen molar-refractivity contribution < 1.29 is 9.90 Å². The number of carbonyl (C=O) groups excluding carboxylic acids is 1. The van der Waals surface area contributed by atoms with Crippen LogP contribution in [-0.2, 0) is 4.79 Å². The second kappa shape index (κ2) is 4.61. The molecule has 1 aromatic rings. The molecule has 0 fully saturated rings. The van der Waals surface area contributed by atoms with Crippen LogP contribution in [0.2, 0.25) is 0 Å². The van der Waals surface area contributed by atoms with Gasteiger partial charge in [0.05, 0.1) is 11.5 Å². The molecule has 0 saturated heterocycles. The van der Waals surface area contributed by atoms with Crippen LogP contribution in [0.4, 0.5) is 5.69 Å². The number of nitrogens with one attached hydrogen (secondary N) is 1. The van der Waals surface area contributed by atoms with Gasteiger partial charge in [-0.05, 0) is 25.5 Å². The summed E-state index contributed by atoms with van der Waals surface area (Å²) in [4.78, 5) is 14.0. The van der Waals surface area contributed by atoms with Gasteiger partial charge in [0.25, 0.3) is 0 Å². The first kappa shape index (κ1) is 12.9. The third-order valence-electron chi connectivity index (χ3n) is 3.13. The van der Waals surface area contributed by atoms with Crippen molar-refractivity contribution in [3.63, 3.8) is 0 Å². The Labute approximate surface area is 108 Å². The molecule has 4 nitrogen and oxygen atoms in total. The van der Waals surface area contributed by atoms with E-state index in [0.717, 1.165) is 11.3 Å². The maximum absolute atomic E-state index is 12.4. The number of rotatable bonds is 3. The molecule has 1 aromatic carbocycles. The lowest BCUT2D eigenvalue weighted by molar-refractivity contribution is -0.133. The van der Waals surface area contributed by atoms with Crippen LogP contribution in [0.25, 0.3) is 0 Å². The summed E-state index contributed by atoms with van der Waals surface area (Å²) < 4.78 is 0. The fourth-order valence-electron chi connectivity index (χ4n) is 2.43. The molecule has 2 N–H and O–H groups in total. The van der Waals surface area contributed by atoms with Gasteiger partial charge >= 0.3 is 0 Å². The fourth-order valence-corrected chi connectivity index (χ4v) is 2.43. The first-order chi connectivity index (χ1) is 8.38. The Morgan fingerprint density at radius 1 is 1.50 bits per heavy atom. The number of amides is 1. The third-order valence-corrected chi connectivity index (χ3v) is 3.13. The number of para-hydroxylation sites is 1. The van der Waals surface area contributed by atoms with Crippen molar-refractivity contribution in [1.82, 2.24) is 4.90 Å². The lowest BCUT2D eigenvalue weighted by atomic mass is 9.99. The average Bonchev–Trinajstić information content (AvgIpc) is 2.69. The van der Waals surface area contributed by atoms with Gasteiger partial charge in [0.1, 0.15) is 0 Å². The zero-order valence-corrected chi connectivity index (χ0v) is 11.1. The van der Waals surface area contributed by atoms with Crippen LogP contribution in [0.1, 0.15) is 25.3 Å². The number of benzene rings is 1. The van der Waals surface area contributed by atoms with E-state index in [1.165, 1.54) is 0 Å². The molecule has 0 saturated carbocycles. The molecule has 0 aromatic heterocycles. The lowest BCUT2D eigenvalue weighted by Gasteiger charge is -2.27. The van der Waals surface area contributed by atoms with Crippen LogP contribution in [0, 0.1) is 0 Å². The number of fused-ring (bicyclic) bond motifs is 1. The molecule has 0 radical (unpaired) electrons. The zero-order chi connectivity index (χ0) is 13.3. The molecule has 0 aliphatic carbocycles. The number of aliphatic hydroxyl groups is 1. The summed E-state index contributed by atoms with van der Waals surface area (Å²) in [6.45, 7) is 4.38. The van der Waals surface area contributed by atoms with Gasteiger partial charge in [0, 0.05) is 25.8 Å². The third kappa shape index (κ3) is 2.64. The van der Waals surface area contributed by atoms with Gasteiger partial charge in [-0.3, -0.25) is 4.79 Å². The fraction of sp³-hybridized carbons (Fsp3) is 0.500. The molecule has 18 heavy (non-hydrogen) atoms. The molecule has 1 amide bonds. The minimum Gasteiger partial charge on any atom is -0.389 e. The highest BCUT2D eigenvalue weighted by atomic mass is 16.3. The van der Waals surface area contributed by atoms with E-state index in [2.05, 4.69) is 5.32 Å². The SMILES string of the molecule is CN(CC(C)(C)O)C(=O)C1CNc2ccccc21. The molecule has 2 rings (SSSR count). The number of nitrogens with zero attached hydrogens (tertiary/aromatic N) is 1. The summed E-state index contributed by atoms with van der Waals surface area (Å²) in [5.74, 6) is -0.0943. The van der Waals surface area contributed by atoms with Crippen LogP contribution in [0.15, 0.2) is 24.3 Å². The van der Waals surface area contributed by atoms with Gasteiger partial charge in [0.15, 0.2) is 0 Å². The summed E-state index contributed by atoms with van der Waals surface area (Å²) in [7, 11) is 1.74. The van der Waals surface area contributed by atoms with Crippen molar-refractivity contribution in [2.45, 2.75) is 25.4 Å². The quantitative estimate of drug-likeness (QED) is 0.850. The Morgan fingerprint density at radius 3 is 2.83 bits per heavy atom. The number of hydrogen-bond acceptors (Lipinski definition) is 3. The molecule has 0 spiro atoms. The summed E-state index contributed by atoms with van der Waals surface area (Å²) in [6.07, 6.45) is 0. The Hall–Kier alpha value is -1.55. The Bertz CT molecular complexity index is 451. The van der Waals surface area contributed by atoms with E-state index in [-0.39, 0.29) is 11.8 Å². The van der Waals surface area contributed by atoms with Crippen molar-refractivity contribution in [1.29, 1.82) is 0 Å². The number of carbonyl (C=O) groups is 1. The van der Waals surface area contributed by atoms with Gasteiger partial charge in [-0.25, -0.2) is 0 Å². The monoisotopic (exact) mass is 248 g/mol. The smallest absolute Gasteiger partial charge is 0.231 e. The summed E-state index contributed by atoms with van der Waals surface area (Å²) in [5, 5.41) is 13.0. The maximum Gasteiger partial charge on any atom is 0.231 e. The molecular formula is C14H20N2O2. The van der Waals surface area contributed by atoms with E-state index in [4.69, 9.17) is 0 Å². The van der Waals surface area contributed by atoms with Crippen molar-refractivity contribution in [3.8, 4) is 0 Å². The summed E-state index contributed by atoms with van der Waals surface area (Å²) in [5.41, 5.74) is 1.22. The van der Waals surface area contributed by atoms with E-state index in [9.17, 15) is 9.90 Å². The van der Waals surface area contributed by atoms with Crippen LogP contribution in [0.5, 0.6) is 0 Å². The topological polar surface area (TPSA) is 52.6 Å². The van der Waals surface area contributed by atoms with Crippen LogP contribution >= 0.6 is 0 Å². The number of hydrogen-bond donors (Lipinski definition) is 2. The van der Waals surface area contributed by atoms with Crippen molar-refractivity contribution in [3.05, 3.63) is 29.8 Å². The lowest BCUT2D eigenvalue weighted by Crippen LogP contribution is -2.42. The predicted octanol–water partition coefficient (Wildman–Crippen LogP) is 1.42. The molecule has 0 bridgehead atoms. The minimum atomic E-state index is -0.865. The van der Waals surface area contributed by atoms with Gasteiger partial charge < -0.3 is 15.3 Å². The molecular weight excluding hydrogens is 228 g/mol. The first-order valence-corrected chi connectivity index (χ1v) is 6.18.